The number of ether oxygens (including phenoxy) is 1. The summed E-state index contributed by atoms with van der Waals surface area (Å²) in [6, 6.07) is 14.6. The first-order valence-electron chi connectivity index (χ1n) is 8.39. The molecule has 1 fully saturated rings. The first-order chi connectivity index (χ1) is 12.5. The molecule has 26 heavy (non-hydrogen) atoms. The molecule has 1 heterocycles. The van der Waals surface area contributed by atoms with Gasteiger partial charge in [0.1, 0.15) is 5.75 Å². The Morgan fingerprint density at radius 2 is 1.92 bits per heavy atom. The van der Waals surface area contributed by atoms with Crippen molar-refractivity contribution in [2.75, 3.05) is 19.7 Å². The summed E-state index contributed by atoms with van der Waals surface area (Å²) in [5, 5.41) is 10.9. The molecule has 8 heteroatoms. The van der Waals surface area contributed by atoms with Crippen molar-refractivity contribution in [1.82, 2.24) is 4.31 Å². The molecule has 2 aromatic carbocycles. The molecule has 0 amide bonds. The lowest BCUT2D eigenvalue weighted by Gasteiger charge is -2.31. The number of hydrogen-bond donors (Lipinski definition) is 0. The van der Waals surface area contributed by atoms with Crippen LogP contribution >= 0.6 is 0 Å². The number of rotatable bonds is 6. The minimum Gasteiger partial charge on any atom is -0.493 e. The molecular formula is C18H20N2O5S. The van der Waals surface area contributed by atoms with E-state index >= 15 is 0 Å². The Balaban J connectivity index is 1.70. The standard InChI is InChI=1S/C18H20N2O5S/c21-20(22)16-7-4-10-18(12-16)26(23,24)19-11-5-6-15(13-19)14-25-17-8-2-1-3-9-17/h1-4,7-10,12,15H,5-6,11,13-14H2. The van der Waals surface area contributed by atoms with Crippen LogP contribution in [-0.2, 0) is 10.0 Å². The number of non-ortho nitro benzene ring substituents is 1. The lowest BCUT2D eigenvalue weighted by atomic mass is 10.0. The SMILES string of the molecule is O=[N+]([O-])c1cccc(S(=O)(=O)N2CCCC(COc3ccccc3)C2)c1. The minimum absolute atomic E-state index is 0.0451. The third-order valence-electron chi connectivity index (χ3n) is 4.38. The van der Waals surface area contributed by atoms with Crippen molar-refractivity contribution in [2.24, 2.45) is 5.92 Å². The number of sulfonamides is 1. The quantitative estimate of drug-likeness (QED) is 0.571. The highest BCUT2D eigenvalue weighted by Crippen LogP contribution is 2.26. The van der Waals surface area contributed by atoms with E-state index in [9.17, 15) is 18.5 Å². The molecule has 3 rings (SSSR count). The van der Waals surface area contributed by atoms with Gasteiger partial charge in [0.05, 0.1) is 16.4 Å². The number of nitrogens with zero attached hydrogens (tertiary/aromatic N) is 2. The van der Waals surface area contributed by atoms with Gasteiger partial charge in [-0.3, -0.25) is 10.1 Å². The molecule has 0 saturated carbocycles. The van der Waals surface area contributed by atoms with Gasteiger partial charge in [-0.2, -0.15) is 4.31 Å². The van der Waals surface area contributed by atoms with Crippen molar-refractivity contribution in [3.8, 4) is 5.75 Å². The topological polar surface area (TPSA) is 89.8 Å². The average molecular weight is 376 g/mol. The lowest BCUT2D eigenvalue weighted by Crippen LogP contribution is -2.41. The Morgan fingerprint density at radius 1 is 1.15 bits per heavy atom. The van der Waals surface area contributed by atoms with Crippen LogP contribution in [0.3, 0.4) is 0 Å². The van der Waals surface area contributed by atoms with Crippen molar-refractivity contribution in [3.05, 3.63) is 64.7 Å². The number of nitro groups is 1. The second-order valence-corrected chi connectivity index (χ2v) is 8.19. The molecule has 0 aromatic heterocycles. The number of nitro benzene ring substituents is 1. The van der Waals surface area contributed by atoms with Crippen LogP contribution in [-0.4, -0.2) is 37.3 Å². The summed E-state index contributed by atoms with van der Waals surface area (Å²) < 4.78 is 32.8. The Kier molecular flexibility index (Phi) is 5.53. The van der Waals surface area contributed by atoms with E-state index in [2.05, 4.69) is 0 Å². The fourth-order valence-corrected chi connectivity index (χ4v) is 4.61. The largest absolute Gasteiger partial charge is 0.493 e. The maximum Gasteiger partial charge on any atom is 0.270 e. The molecule has 7 nitrogen and oxygen atoms in total. The maximum absolute atomic E-state index is 12.8. The highest BCUT2D eigenvalue weighted by Gasteiger charge is 2.31. The Labute approximate surface area is 152 Å². The summed E-state index contributed by atoms with van der Waals surface area (Å²) in [7, 11) is -3.76. The molecule has 0 radical (unpaired) electrons. The van der Waals surface area contributed by atoms with Crippen LogP contribution < -0.4 is 4.74 Å². The average Bonchev–Trinajstić information content (AvgIpc) is 2.67. The fourth-order valence-electron chi connectivity index (χ4n) is 3.02. The summed E-state index contributed by atoms with van der Waals surface area (Å²) >= 11 is 0. The van der Waals surface area contributed by atoms with Crippen molar-refractivity contribution < 1.29 is 18.1 Å². The zero-order valence-electron chi connectivity index (χ0n) is 14.2. The number of hydrogen-bond acceptors (Lipinski definition) is 5. The molecule has 2 aromatic rings. The number of piperidine rings is 1. The van der Waals surface area contributed by atoms with Crippen LogP contribution in [0.1, 0.15) is 12.8 Å². The molecule has 1 aliphatic heterocycles. The van der Waals surface area contributed by atoms with E-state index in [4.69, 9.17) is 4.74 Å². The van der Waals surface area contributed by atoms with E-state index in [-0.39, 0.29) is 16.5 Å². The van der Waals surface area contributed by atoms with Gasteiger partial charge in [0, 0.05) is 31.1 Å². The molecule has 1 atom stereocenters. The van der Waals surface area contributed by atoms with Gasteiger partial charge in [-0.15, -0.1) is 0 Å². The summed E-state index contributed by atoms with van der Waals surface area (Å²) in [5.41, 5.74) is -0.230. The molecular weight excluding hydrogens is 356 g/mol. The normalized spacial score (nSPS) is 18.4. The Bertz CT molecular complexity index is 870. The minimum atomic E-state index is -3.76. The third kappa shape index (κ3) is 4.20. The Morgan fingerprint density at radius 3 is 2.65 bits per heavy atom. The predicted molar refractivity (Wildman–Crippen MR) is 96.5 cm³/mol. The molecule has 0 spiro atoms. The molecule has 0 bridgehead atoms. The van der Waals surface area contributed by atoms with Crippen LogP contribution in [0.15, 0.2) is 59.5 Å². The summed E-state index contributed by atoms with van der Waals surface area (Å²) in [6.07, 6.45) is 1.62. The van der Waals surface area contributed by atoms with E-state index in [1.807, 2.05) is 30.3 Å². The van der Waals surface area contributed by atoms with Gasteiger partial charge < -0.3 is 4.74 Å². The van der Waals surface area contributed by atoms with Gasteiger partial charge >= 0.3 is 0 Å². The van der Waals surface area contributed by atoms with E-state index < -0.39 is 14.9 Å². The second-order valence-electron chi connectivity index (χ2n) is 6.25. The van der Waals surface area contributed by atoms with Crippen LogP contribution in [0, 0.1) is 16.0 Å². The van der Waals surface area contributed by atoms with Crippen LogP contribution in [0.2, 0.25) is 0 Å². The van der Waals surface area contributed by atoms with Gasteiger partial charge in [-0.25, -0.2) is 8.42 Å². The van der Waals surface area contributed by atoms with Crippen LogP contribution in [0.5, 0.6) is 5.75 Å². The number of para-hydroxylation sites is 1. The zero-order chi connectivity index (χ0) is 18.6. The van der Waals surface area contributed by atoms with E-state index in [1.54, 1.807) is 0 Å². The first-order valence-corrected chi connectivity index (χ1v) is 9.83. The summed E-state index contributed by atoms with van der Waals surface area (Å²) in [6.45, 7) is 1.19. The van der Waals surface area contributed by atoms with Crippen LogP contribution in [0.25, 0.3) is 0 Å². The van der Waals surface area contributed by atoms with E-state index in [0.29, 0.717) is 19.7 Å². The summed E-state index contributed by atoms with van der Waals surface area (Å²) in [4.78, 5) is 10.3. The van der Waals surface area contributed by atoms with Crippen molar-refractivity contribution in [3.63, 3.8) is 0 Å². The maximum atomic E-state index is 12.8. The fraction of sp³-hybridized carbons (Fsp3) is 0.333. The molecule has 1 aliphatic rings. The van der Waals surface area contributed by atoms with Gasteiger partial charge in [0.15, 0.2) is 0 Å². The molecule has 1 unspecified atom stereocenters. The van der Waals surface area contributed by atoms with E-state index in [0.717, 1.165) is 24.7 Å². The second kappa shape index (κ2) is 7.84. The molecule has 0 N–H and O–H groups in total. The number of benzene rings is 2. The van der Waals surface area contributed by atoms with Crippen molar-refractivity contribution >= 4 is 15.7 Å². The van der Waals surface area contributed by atoms with E-state index in [1.165, 1.54) is 22.5 Å². The van der Waals surface area contributed by atoms with Crippen molar-refractivity contribution in [1.29, 1.82) is 0 Å². The predicted octanol–water partition coefficient (Wildman–Crippen LogP) is 3.07. The molecule has 0 aliphatic carbocycles. The highest BCUT2D eigenvalue weighted by molar-refractivity contribution is 7.89. The van der Waals surface area contributed by atoms with Gasteiger partial charge in [-0.05, 0) is 31.0 Å². The first kappa shape index (κ1) is 18.3. The van der Waals surface area contributed by atoms with Gasteiger partial charge in [-0.1, -0.05) is 24.3 Å². The molecule has 138 valence electrons. The lowest BCUT2D eigenvalue weighted by molar-refractivity contribution is -0.385. The summed E-state index contributed by atoms with van der Waals surface area (Å²) in [5.74, 6) is 0.837. The van der Waals surface area contributed by atoms with Crippen molar-refractivity contribution in [2.45, 2.75) is 17.7 Å². The van der Waals surface area contributed by atoms with Crippen LogP contribution in [0.4, 0.5) is 5.69 Å². The zero-order valence-corrected chi connectivity index (χ0v) is 15.0. The highest BCUT2D eigenvalue weighted by atomic mass is 32.2. The third-order valence-corrected chi connectivity index (χ3v) is 6.24. The smallest absolute Gasteiger partial charge is 0.270 e. The van der Waals surface area contributed by atoms with Gasteiger partial charge in [0.2, 0.25) is 10.0 Å². The van der Waals surface area contributed by atoms with Gasteiger partial charge in [0.25, 0.3) is 5.69 Å². The Hall–Kier alpha value is -2.45. The monoisotopic (exact) mass is 376 g/mol. The molecule has 1 saturated heterocycles.